The van der Waals surface area contributed by atoms with Gasteiger partial charge in [-0.25, -0.2) is 4.39 Å². The van der Waals surface area contributed by atoms with E-state index in [9.17, 15) is 9.18 Å². The zero-order valence-corrected chi connectivity index (χ0v) is 13.3. The summed E-state index contributed by atoms with van der Waals surface area (Å²) in [5.74, 6) is 0.663. The van der Waals surface area contributed by atoms with Crippen LogP contribution in [0.3, 0.4) is 0 Å². The fourth-order valence-electron chi connectivity index (χ4n) is 3.77. The van der Waals surface area contributed by atoms with Gasteiger partial charge in [0.05, 0.1) is 6.54 Å². The number of amides is 1. The van der Waals surface area contributed by atoms with Gasteiger partial charge in [-0.2, -0.15) is 0 Å². The van der Waals surface area contributed by atoms with Gasteiger partial charge in [-0.1, -0.05) is 19.1 Å². The average molecular weight is 304 g/mol. The summed E-state index contributed by atoms with van der Waals surface area (Å²) in [6.45, 7) is 5.47. The van der Waals surface area contributed by atoms with E-state index >= 15 is 0 Å². The van der Waals surface area contributed by atoms with E-state index in [1.807, 2.05) is 17.0 Å². The van der Waals surface area contributed by atoms with Crippen LogP contribution in [0.1, 0.15) is 44.2 Å². The Bertz CT molecular complexity index is 516. The number of nitrogens with zero attached hydrogens (tertiary/aromatic N) is 2. The number of carbonyl (C=O) groups is 1. The van der Waals surface area contributed by atoms with Gasteiger partial charge in [0, 0.05) is 19.1 Å². The first kappa shape index (κ1) is 15.5. The van der Waals surface area contributed by atoms with E-state index in [0.29, 0.717) is 12.5 Å². The minimum Gasteiger partial charge on any atom is -0.341 e. The van der Waals surface area contributed by atoms with Gasteiger partial charge in [0.25, 0.3) is 0 Å². The van der Waals surface area contributed by atoms with Crippen molar-refractivity contribution >= 4 is 5.91 Å². The van der Waals surface area contributed by atoms with Gasteiger partial charge in [-0.15, -0.1) is 0 Å². The van der Waals surface area contributed by atoms with Crippen LogP contribution in [0.25, 0.3) is 0 Å². The highest BCUT2D eigenvalue weighted by atomic mass is 19.1. The molecule has 1 aromatic carbocycles. The minimum atomic E-state index is -0.202. The molecule has 0 spiro atoms. The molecular formula is C18H25FN2O. The molecule has 4 heteroatoms. The molecule has 3 rings (SSSR count). The molecule has 2 heterocycles. The van der Waals surface area contributed by atoms with Crippen LogP contribution in [0.4, 0.5) is 4.39 Å². The molecule has 0 aliphatic carbocycles. The summed E-state index contributed by atoms with van der Waals surface area (Å²) < 4.78 is 13.1. The van der Waals surface area contributed by atoms with E-state index in [2.05, 4.69) is 11.8 Å². The standard InChI is InChI=1S/C18H25FN2O/c1-14-4-2-11-21(12-14)18(22)13-20-10-3-5-17(20)15-6-8-16(19)9-7-15/h6-9,14,17H,2-5,10-13H2,1H3/t14-,17-/m1/s1. The second kappa shape index (κ2) is 6.78. The van der Waals surface area contributed by atoms with Gasteiger partial charge in [-0.3, -0.25) is 9.69 Å². The number of piperidine rings is 1. The molecule has 1 amide bonds. The van der Waals surface area contributed by atoms with Gasteiger partial charge in [0.2, 0.25) is 5.91 Å². The molecule has 0 bridgehead atoms. The second-order valence-corrected chi connectivity index (χ2v) is 6.77. The summed E-state index contributed by atoms with van der Waals surface area (Å²) in [4.78, 5) is 16.8. The Hall–Kier alpha value is -1.42. The summed E-state index contributed by atoms with van der Waals surface area (Å²) in [5.41, 5.74) is 1.12. The summed E-state index contributed by atoms with van der Waals surface area (Å²) in [6.07, 6.45) is 4.50. The number of hydrogen-bond acceptors (Lipinski definition) is 2. The SMILES string of the molecule is C[C@@H]1CCCN(C(=O)CN2CCC[C@@H]2c2ccc(F)cc2)C1. The van der Waals surface area contributed by atoms with Crippen LogP contribution < -0.4 is 0 Å². The molecule has 2 aliphatic heterocycles. The van der Waals surface area contributed by atoms with E-state index in [1.165, 1.54) is 18.6 Å². The van der Waals surface area contributed by atoms with Crippen molar-refractivity contribution in [3.05, 3.63) is 35.6 Å². The topological polar surface area (TPSA) is 23.6 Å². The van der Waals surface area contributed by atoms with Crippen molar-refractivity contribution in [3.8, 4) is 0 Å². The fraction of sp³-hybridized carbons (Fsp3) is 0.611. The molecule has 2 fully saturated rings. The number of likely N-dealkylation sites (tertiary alicyclic amines) is 2. The predicted molar refractivity (Wildman–Crippen MR) is 84.9 cm³/mol. The predicted octanol–water partition coefficient (Wildman–Crippen LogP) is 3.22. The molecule has 0 radical (unpaired) electrons. The summed E-state index contributed by atoms with van der Waals surface area (Å²) in [7, 11) is 0. The van der Waals surface area contributed by atoms with Crippen molar-refractivity contribution < 1.29 is 9.18 Å². The quantitative estimate of drug-likeness (QED) is 0.856. The third-order valence-corrected chi connectivity index (χ3v) is 4.97. The van der Waals surface area contributed by atoms with Crippen LogP contribution in [0.15, 0.2) is 24.3 Å². The molecule has 0 aromatic heterocycles. The smallest absolute Gasteiger partial charge is 0.236 e. The van der Waals surface area contributed by atoms with Crippen molar-refractivity contribution in [1.82, 2.24) is 9.80 Å². The molecule has 0 N–H and O–H groups in total. The number of halogens is 1. The molecule has 1 aromatic rings. The molecule has 2 aliphatic rings. The first-order valence-electron chi connectivity index (χ1n) is 8.41. The number of hydrogen-bond donors (Lipinski definition) is 0. The second-order valence-electron chi connectivity index (χ2n) is 6.77. The monoisotopic (exact) mass is 304 g/mol. The highest BCUT2D eigenvalue weighted by molar-refractivity contribution is 5.78. The van der Waals surface area contributed by atoms with Crippen molar-refractivity contribution in [3.63, 3.8) is 0 Å². The number of rotatable bonds is 3. The Morgan fingerprint density at radius 3 is 2.64 bits per heavy atom. The maximum Gasteiger partial charge on any atom is 0.236 e. The zero-order valence-electron chi connectivity index (χ0n) is 13.3. The van der Waals surface area contributed by atoms with E-state index < -0.39 is 0 Å². The summed E-state index contributed by atoms with van der Waals surface area (Å²) in [5, 5.41) is 0. The van der Waals surface area contributed by atoms with E-state index in [-0.39, 0.29) is 17.8 Å². The van der Waals surface area contributed by atoms with E-state index in [4.69, 9.17) is 0 Å². The first-order valence-corrected chi connectivity index (χ1v) is 8.41. The van der Waals surface area contributed by atoms with Gasteiger partial charge >= 0.3 is 0 Å². The van der Waals surface area contributed by atoms with Crippen LogP contribution in [-0.4, -0.2) is 41.9 Å². The lowest BCUT2D eigenvalue weighted by Crippen LogP contribution is -2.44. The molecule has 22 heavy (non-hydrogen) atoms. The van der Waals surface area contributed by atoms with Gasteiger partial charge in [-0.05, 0) is 55.8 Å². The third-order valence-electron chi connectivity index (χ3n) is 4.97. The highest BCUT2D eigenvalue weighted by Gasteiger charge is 2.30. The molecular weight excluding hydrogens is 279 g/mol. The number of carbonyl (C=O) groups excluding carboxylic acids is 1. The van der Waals surface area contributed by atoms with Crippen molar-refractivity contribution in [2.45, 2.75) is 38.6 Å². The third kappa shape index (κ3) is 3.49. The lowest BCUT2D eigenvalue weighted by Gasteiger charge is -2.33. The van der Waals surface area contributed by atoms with Gasteiger partial charge < -0.3 is 4.90 Å². The maximum absolute atomic E-state index is 13.1. The molecule has 120 valence electrons. The Morgan fingerprint density at radius 2 is 1.91 bits per heavy atom. The fourth-order valence-corrected chi connectivity index (χ4v) is 3.77. The van der Waals surface area contributed by atoms with Crippen molar-refractivity contribution in [2.75, 3.05) is 26.2 Å². The zero-order chi connectivity index (χ0) is 15.5. The van der Waals surface area contributed by atoms with Crippen LogP contribution in [0.5, 0.6) is 0 Å². The Balaban J connectivity index is 1.63. The van der Waals surface area contributed by atoms with E-state index in [1.54, 1.807) is 0 Å². The molecule has 0 saturated carbocycles. The largest absolute Gasteiger partial charge is 0.341 e. The first-order chi connectivity index (χ1) is 10.6. The number of benzene rings is 1. The molecule has 3 nitrogen and oxygen atoms in total. The van der Waals surface area contributed by atoms with Gasteiger partial charge in [0.15, 0.2) is 0 Å². The maximum atomic E-state index is 13.1. The van der Waals surface area contributed by atoms with E-state index in [0.717, 1.165) is 44.5 Å². The van der Waals surface area contributed by atoms with Crippen LogP contribution in [-0.2, 0) is 4.79 Å². The minimum absolute atomic E-state index is 0.202. The lowest BCUT2D eigenvalue weighted by atomic mass is 10.0. The lowest BCUT2D eigenvalue weighted by molar-refractivity contribution is -0.134. The molecule has 2 atom stereocenters. The average Bonchev–Trinajstić information content (AvgIpc) is 2.96. The van der Waals surface area contributed by atoms with Crippen LogP contribution in [0.2, 0.25) is 0 Å². The Labute approximate surface area is 132 Å². The normalized spacial score (nSPS) is 26.4. The molecule has 0 unspecified atom stereocenters. The molecule has 2 saturated heterocycles. The highest BCUT2D eigenvalue weighted by Crippen LogP contribution is 2.32. The Kier molecular flexibility index (Phi) is 4.77. The van der Waals surface area contributed by atoms with Crippen molar-refractivity contribution in [1.29, 1.82) is 0 Å². The Morgan fingerprint density at radius 1 is 1.18 bits per heavy atom. The van der Waals surface area contributed by atoms with Crippen LogP contribution in [0, 0.1) is 11.7 Å². The van der Waals surface area contributed by atoms with Crippen molar-refractivity contribution in [2.24, 2.45) is 5.92 Å². The summed E-state index contributed by atoms with van der Waals surface area (Å²) >= 11 is 0. The van der Waals surface area contributed by atoms with Crippen LogP contribution >= 0.6 is 0 Å². The van der Waals surface area contributed by atoms with Gasteiger partial charge in [0.1, 0.15) is 5.82 Å². The summed E-state index contributed by atoms with van der Waals surface area (Å²) in [6, 6.07) is 6.99.